The maximum Gasteiger partial charge on any atom is 0.321 e. The third kappa shape index (κ3) is 7.33. The number of sulfone groups is 1. The molecule has 102 valence electrons. The zero-order valence-corrected chi connectivity index (χ0v) is 11.8. The number of rotatable bonds is 8. The molecule has 0 bridgehead atoms. The number of nitrogens with one attached hydrogen (secondary N) is 1. The van der Waals surface area contributed by atoms with Crippen molar-refractivity contribution in [3.05, 3.63) is 0 Å². The van der Waals surface area contributed by atoms with Crippen LogP contribution in [-0.4, -0.2) is 45.1 Å². The Balaban J connectivity index is 4.45. The van der Waals surface area contributed by atoms with Gasteiger partial charge in [-0.15, -0.1) is 0 Å². The summed E-state index contributed by atoms with van der Waals surface area (Å²) in [5.74, 6) is -1.04. The van der Waals surface area contributed by atoms with Crippen LogP contribution in [0.25, 0.3) is 0 Å². The maximum atomic E-state index is 11.8. The standard InChI is InChI=1S/C11H23NO4S/c1-5-12-10(9(3)4)7-17(14,15)8-11(13)16-6-2/h9-10,12H,5-8H2,1-4H3. The Bertz CT molecular complexity index is 324. The van der Waals surface area contributed by atoms with E-state index in [1.165, 1.54) is 0 Å². The minimum Gasteiger partial charge on any atom is -0.465 e. The van der Waals surface area contributed by atoms with Crippen molar-refractivity contribution in [2.45, 2.75) is 33.7 Å². The zero-order chi connectivity index (χ0) is 13.5. The molecule has 0 amide bonds. The van der Waals surface area contributed by atoms with Crippen LogP contribution in [0.1, 0.15) is 27.7 Å². The van der Waals surface area contributed by atoms with E-state index in [1.54, 1.807) is 6.92 Å². The third-order valence-electron chi connectivity index (χ3n) is 2.35. The summed E-state index contributed by atoms with van der Waals surface area (Å²) in [6, 6.07) is -0.126. The van der Waals surface area contributed by atoms with Crippen LogP contribution in [0.2, 0.25) is 0 Å². The quantitative estimate of drug-likeness (QED) is 0.651. The van der Waals surface area contributed by atoms with Crippen LogP contribution in [0.3, 0.4) is 0 Å². The molecule has 0 saturated heterocycles. The van der Waals surface area contributed by atoms with E-state index >= 15 is 0 Å². The van der Waals surface area contributed by atoms with Crippen LogP contribution in [0, 0.1) is 5.92 Å². The molecular weight excluding hydrogens is 242 g/mol. The van der Waals surface area contributed by atoms with Gasteiger partial charge in [-0.05, 0) is 19.4 Å². The van der Waals surface area contributed by atoms with E-state index in [0.717, 1.165) is 0 Å². The van der Waals surface area contributed by atoms with Crippen molar-refractivity contribution in [1.29, 1.82) is 0 Å². The first-order valence-electron chi connectivity index (χ1n) is 5.91. The van der Waals surface area contributed by atoms with Crippen LogP contribution in [-0.2, 0) is 19.4 Å². The predicted molar refractivity (Wildman–Crippen MR) is 67.6 cm³/mol. The molecule has 5 nitrogen and oxygen atoms in total. The molecule has 0 saturated carbocycles. The molecule has 0 spiro atoms. The summed E-state index contributed by atoms with van der Waals surface area (Å²) in [5, 5.41) is 3.11. The van der Waals surface area contributed by atoms with Crippen LogP contribution >= 0.6 is 0 Å². The first kappa shape index (κ1) is 16.4. The highest BCUT2D eigenvalue weighted by molar-refractivity contribution is 7.92. The fourth-order valence-corrected chi connectivity index (χ4v) is 3.07. The van der Waals surface area contributed by atoms with E-state index < -0.39 is 21.6 Å². The minimum atomic E-state index is -3.41. The van der Waals surface area contributed by atoms with Gasteiger partial charge in [0.05, 0.1) is 12.4 Å². The second-order valence-corrected chi connectivity index (χ2v) is 6.38. The minimum absolute atomic E-state index is 0.0304. The summed E-state index contributed by atoms with van der Waals surface area (Å²) < 4.78 is 28.2. The van der Waals surface area contributed by atoms with E-state index in [4.69, 9.17) is 0 Å². The maximum absolute atomic E-state index is 11.8. The van der Waals surface area contributed by atoms with Gasteiger partial charge in [-0.3, -0.25) is 4.79 Å². The summed E-state index contributed by atoms with van der Waals surface area (Å²) in [6.45, 7) is 8.39. The van der Waals surface area contributed by atoms with Gasteiger partial charge >= 0.3 is 5.97 Å². The smallest absolute Gasteiger partial charge is 0.321 e. The molecule has 1 atom stereocenters. The zero-order valence-electron chi connectivity index (χ0n) is 11.0. The van der Waals surface area contributed by atoms with Crippen molar-refractivity contribution >= 4 is 15.8 Å². The lowest BCUT2D eigenvalue weighted by Gasteiger charge is -2.21. The molecule has 6 heteroatoms. The van der Waals surface area contributed by atoms with Gasteiger partial charge in [0.25, 0.3) is 0 Å². The molecule has 1 N–H and O–H groups in total. The summed E-state index contributed by atoms with van der Waals surface area (Å²) in [7, 11) is -3.41. The highest BCUT2D eigenvalue weighted by Crippen LogP contribution is 2.06. The second kappa shape index (κ2) is 7.66. The number of hydrogen-bond donors (Lipinski definition) is 1. The van der Waals surface area contributed by atoms with Gasteiger partial charge < -0.3 is 10.1 Å². The molecule has 17 heavy (non-hydrogen) atoms. The number of hydrogen-bond acceptors (Lipinski definition) is 5. The third-order valence-corrected chi connectivity index (χ3v) is 3.89. The Morgan fingerprint density at radius 3 is 2.29 bits per heavy atom. The van der Waals surface area contributed by atoms with Gasteiger partial charge in [-0.2, -0.15) is 0 Å². The molecule has 0 aliphatic heterocycles. The van der Waals surface area contributed by atoms with Crippen LogP contribution in [0.4, 0.5) is 0 Å². The molecule has 0 fully saturated rings. The lowest BCUT2D eigenvalue weighted by molar-refractivity contribution is -0.139. The largest absolute Gasteiger partial charge is 0.465 e. The first-order chi connectivity index (χ1) is 7.82. The van der Waals surface area contributed by atoms with Crippen LogP contribution in [0.5, 0.6) is 0 Å². The van der Waals surface area contributed by atoms with Crippen molar-refractivity contribution in [3.63, 3.8) is 0 Å². The number of esters is 1. The Kier molecular flexibility index (Phi) is 7.38. The van der Waals surface area contributed by atoms with E-state index in [1.807, 2.05) is 20.8 Å². The van der Waals surface area contributed by atoms with Crippen molar-refractivity contribution in [2.75, 3.05) is 24.7 Å². The summed E-state index contributed by atoms with van der Waals surface area (Å²) in [4.78, 5) is 11.1. The van der Waals surface area contributed by atoms with Gasteiger partial charge in [-0.25, -0.2) is 8.42 Å². The van der Waals surface area contributed by atoms with Crippen LogP contribution < -0.4 is 5.32 Å². The number of carbonyl (C=O) groups is 1. The highest BCUT2D eigenvalue weighted by atomic mass is 32.2. The van der Waals surface area contributed by atoms with E-state index in [0.29, 0.717) is 6.54 Å². The molecule has 0 aromatic heterocycles. The summed E-state index contributed by atoms with van der Waals surface area (Å²) in [6.07, 6.45) is 0. The molecule has 0 aromatic carbocycles. The second-order valence-electron chi connectivity index (χ2n) is 4.27. The monoisotopic (exact) mass is 265 g/mol. The Morgan fingerprint density at radius 2 is 1.88 bits per heavy atom. The normalized spacial score (nSPS) is 13.7. The molecule has 0 radical (unpaired) electrons. The van der Waals surface area contributed by atoms with E-state index in [2.05, 4.69) is 10.1 Å². The van der Waals surface area contributed by atoms with Crippen LogP contribution in [0.15, 0.2) is 0 Å². The Hall–Kier alpha value is -0.620. The fourth-order valence-electron chi connectivity index (χ4n) is 1.46. The Labute approximate surface area is 104 Å². The first-order valence-corrected chi connectivity index (χ1v) is 7.74. The fraction of sp³-hybridized carbons (Fsp3) is 0.909. The molecule has 1 unspecified atom stereocenters. The van der Waals surface area contributed by atoms with Gasteiger partial charge in [0.15, 0.2) is 9.84 Å². The number of ether oxygens (including phenoxy) is 1. The van der Waals surface area contributed by atoms with E-state index in [-0.39, 0.29) is 24.3 Å². The molecule has 0 aromatic rings. The lowest BCUT2D eigenvalue weighted by Crippen LogP contribution is -2.41. The topological polar surface area (TPSA) is 72.5 Å². The molecule has 0 aliphatic carbocycles. The van der Waals surface area contributed by atoms with Crippen molar-refractivity contribution < 1.29 is 17.9 Å². The molecule has 0 rings (SSSR count). The summed E-state index contributed by atoms with van der Waals surface area (Å²) in [5.41, 5.74) is 0. The average molecular weight is 265 g/mol. The van der Waals surface area contributed by atoms with E-state index in [9.17, 15) is 13.2 Å². The lowest BCUT2D eigenvalue weighted by atomic mass is 10.1. The van der Waals surface area contributed by atoms with Crippen molar-refractivity contribution in [3.8, 4) is 0 Å². The van der Waals surface area contributed by atoms with Gasteiger partial charge in [0, 0.05) is 6.04 Å². The molecule has 0 heterocycles. The predicted octanol–water partition coefficient (Wildman–Crippen LogP) is 0.598. The Morgan fingerprint density at radius 1 is 1.29 bits per heavy atom. The van der Waals surface area contributed by atoms with Crippen molar-refractivity contribution in [2.24, 2.45) is 5.92 Å². The van der Waals surface area contributed by atoms with Gasteiger partial charge in [0.1, 0.15) is 5.75 Å². The highest BCUT2D eigenvalue weighted by Gasteiger charge is 2.24. The van der Waals surface area contributed by atoms with Gasteiger partial charge in [0.2, 0.25) is 0 Å². The molecular formula is C11H23NO4S. The van der Waals surface area contributed by atoms with Crippen molar-refractivity contribution in [1.82, 2.24) is 5.32 Å². The molecule has 0 aliphatic rings. The number of carbonyl (C=O) groups excluding carboxylic acids is 1. The summed E-state index contributed by atoms with van der Waals surface area (Å²) >= 11 is 0. The SMILES string of the molecule is CCNC(CS(=O)(=O)CC(=O)OCC)C(C)C. The average Bonchev–Trinajstić information content (AvgIpc) is 2.15. The van der Waals surface area contributed by atoms with Gasteiger partial charge in [-0.1, -0.05) is 20.8 Å².